The first-order valence-electron chi connectivity index (χ1n) is 3.49. The Bertz CT molecular complexity index is 139. The van der Waals surface area contributed by atoms with E-state index in [0.29, 0.717) is 12.7 Å². The Balaban J connectivity index is 3.45. The lowest BCUT2D eigenvalue weighted by Gasteiger charge is -2.12. The molecule has 0 atom stereocenters. The van der Waals surface area contributed by atoms with E-state index in [9.17, 15) is 4.79 Å². The topological polar surface area (TPSA) is 26.3 Å². The fourth-order valence-corrected chi connectivity index (χ4v) is 1.74. The molecule has 5 heteroatoms. The number of ether oxygens (including phenoxy) is 1. The zero-order valence-corrected chi connectivity index (χ0v) is 9.21. The van der Waals surface area contributed by atoms with Crippen molar-refractivity contribution >= 4 is 34.8 Å². The Morgan fingerprint density at radius 2 is 2.09 bits per heavy atom. The minimum Gasteiger partial charge on any atom is -0.466 e. The van der Waals surface area contributed by atoms with Crippen LogP contribution in [0.2, 0.25) is 12.1 Å². The second kappa shape index (κ2) is 5.01. The van der Waals surface area contributed by atoms with Gasteiger partial charge in [0, 0.05) is 13.0 Å². The van der Waals surface area contributed by atoms with Gasteiger partial charge in [0.1, 0.15) is 0 Å². The van der Waals surface area contributed by atoms with Crippen molar-refractivity contribution in [3.05, 3.63) is 0 Å². The second-order valence-corrected chi connectivity index (χ2v) is 10.1. The van der Waals surface area contributed by atoms with Crippen LogP contribution in [0, 0.1) is 0 Å². The van der Waals surface area contributed by atoms with E-state index in [1.165, 1.54) is 6.92 Å². The second-order valence-electron chi connectivity index (χ2n) is 2.30. The average molecular weight is 215 g/mol. The van der Waals surface area contributed by atoms with Crippen molar-refractivity contribution in [3.63, 3.8) is 0 Å². The van der Waals surface area contributed by atoms with E-state index in [0.717, 1.165) is 6.04 Å². The quantitative estimate of drug-likeness (QED) is 0.409. The molecule has 0 rings (SSSR count). The zero-order valence-electron chi connectivity index (χ0n) is 6.69. The summed E-state index contributed by atoms with van der Waals surface area (Å²) in [6.07, 6.45) is 0. The molecule has 2 nitrogen and oxygen atoms in total. The molecule has 0 aromatic heterocycles. The Labute approximate surface area is 77.2 Å². The van der Waals surface area contributed by atoms with E-state index in [1.54, 1.807) is 0 Å². The lowest BCUT2D eigenvalue weighted by atomic mass is 10.8. The summed E-state index contributed by atoms with van der Waals surface area (Å²) in [6, 6.07) is 1.41. The summed E-state index contributed by atoms with van der Waals surface area (Å²) < 4.78 is 4.71. The van der Waals surface area contributed by atoms with E-state index < -0.39 is 6.69 Å². The van der Waals surface area contributed by atoms with Crippen LogP contribution in [0.15, 0.2) is 0 Å². The normalized spacial score (nSPS) is 11.3. The van der Waals surface area contributed by atoms with Crippen molar-refractivity contribution in [3.8, 4) is 0 Å². The van der Waals surface area contributed by atoms with Gasteiger partial charge in [-0.15, -0.1) is 22.2 Å². The zero-order chi connectivity index (χ0) is 8.91. The molecule has 66 valence electrons. The minimum absolute atomic E-state index is 0.278. The van der Waals surface area contributed by atoms with Gasteiger partial charge in [0.2, 0.25) is 0 Å². The average Bonchev–Trinajstić information content (AvgIpc) is 1.87. The van der Waals surface area contributed by atoms with Gasteiger partial charge in [0.15, 0.2) is 0 Å². The molecule has 0 heterocycles. The van der Waals surface area contributed by atoms with E-state index in [2.05, 4.69) is 0 Å². The molecule has 0 amide bonds. The summed E-state index contributed by atoms with van der Waals surface area (Å²) in [5.41, 5.74) is 0. The third-order valence-corrected chi connectivity index (χ3v) is 6.00. The summed E-state index contributed by atoms with van der Waals surface area (Å²) in [4.78, 5) is 10.3. The van der Waals surface area contributed by atoms with E-state index >= 15 is 0 Å². The van der Waals surface area contributed by atoms with Gasteiger partial charge in [-0.2, -0.15) is 0 Å². The molecule has 0 aliphatic heterocycles. The van der Waals surface area contributed by atoms with Gasteiger partial charge >= 0.3 is 5.97 Å². The Morgan fingerprint density at radius 1 is 1.55 bits per heavy atom. The molecule has 0 aliphatic rings. The SMILES string of the molecule is CC[Si](Cl)(Cl)CCOC(C)=O. The summed E-state index contributed by atoms with van der Waals surface area (Å²) >= 11 is 11.8. The lowest BCUT2D eigenvalue weighted by Crippen LogP contribution is -2.20. The molecule has 0 N–H and O–H groups in total. The van der Waals surface area contributed by atoms with Crippen molar-refractivity contribution in [1.29, 1.82) is 0 Å². The summed E-state index contributed by atoms with van der Waals surface area (Å²) in [5, 5.41) is 0. The maximum Gasteiger partial charge on any atom is 0.302 e. The van der Waals surface area contributed by atoms with Crippen LogP contribution in [0.3, 0.4) is 0 Å². The standard InChI is InChI=1S/C6H12Cl2O2Si/c1-3-11(7,8)5-4-10-6(2)9/h3-5H2,1-2H3. The number of hydrogen-bond acceptors (Lipinski definition) is 2. The lowest BCUT2D eigenvalue weighted by molar-refractivity contribution is -0.140. The van der Waals surface area contributed by atoms with E-state index in [1.807, 2.05) is 6.92 Å². The van der Waals surface area contributed by atoms with Gasteiger partial charge in [0.05, 0.1) is 6.61 Å². The molecule has 0 saturated carbocycles. The minimum atomic E-state index is -2.08. The number of carbonyl (C=O) groups is 1. The predicted octanol–water partition coefficient (Wildman–Crippen LogP) is 2.49. The number of halogens is 2. The number of esters is 1. The van der Waals surface area contributed by atoms with Crippen LogP contribution in [0.1, 0.15) is 13.8 Å². The van der Waals surface area contributed by atoms with Crippen LogP contribution in [-0.2, 0) is 9.53 Å². The molecule has 0 spiro atoms. The van der Waals surface area contributed by atoms with Crippen molar-refractivity contribution < 1.29 is 9.53 Å². The Morgan fingerprint density at radius 3 is 2.45 bits per heavy atom. The third kappa shape index (κ3) is 6.66. The molecule has 0 aromatic rings. The van der Waals surface area contributed by atoms with Gasteiger partial charge in [-0.3, -0.25) is 4.79 Å². The van der Waals surface area contributed by atoms with Gasteiger partial charge in [-0.1, -0.05) is 6.92 Å². The Kier molecular flexibility index (Phi) is 5.13. The first-order chi connectivity index (χ1) is 4.98. The molecule has 0 fully saturated rings. The maximum atomic E-state index is 10.3. The van der Waals surface area contributed by atoms with Gasteiger partial charge < -0.3 is 4.74 Å². The molecule has 11 heavy (non-hydrogen) atoms. The van der Waals surface area contributed by atoms with Crippen LogP contribution < -0.4 is 0 Å². The highest BCUT2D eigenvalue weighted by Crippen LogP contribution is 2.24. The first kappa shape index (κ1) is 11.3. The van der Waals surface area contributed by atoms with Crippen LogP contribution in [-0.4, -0.2) is 19.3 Å². The molecular weight excluding hydrogens is 203 g/mol. The maximum absolute atomic E-state index is 10.3. The summed E-state index contributed by atoms with van der Waals surface area (Å²) in [7, 11) is 0. The van der Waals surface area contributed by atoms with Gasteiger partial charge in [0.25, 0.3) is 6.69 Å². The van der Waals surface area contributed by atoms with E-state index in [-0.39, 0.29) is 5.97 Å². The molecule has 0 radical (unpaired) electrons. The molecule has 0 aromatic carbocycles. The Hall–Kier alpha value is 0.267. The number of carbonyl (C=O) groups excluding carboxylic acids is 1. The molecular formula is C6H12Cl2O2Si. The van der Waals surface area contributed by atoms with Gasteiger partial charge in [-0.05, 0) is 6.04 Å². The molecule has 0 bridgehead atoms. The van der Waals surface area contributed by atoms with Gasteiger partial charge in [-0.25, -0.2) is 0 Å². The highest BCUT2D eigenvalue weighted by Gasteiger charge is 2.25. The smallest absolute Gasteiger partial charge is 0.302 e. The highest BCUT2D eigenvalue weighted by molar-refractivity contribution is 7.45. The monoisotopic (exact) mass is 214 g/mol. The molecule has 0 saturated heterocycles. The van der Waals surface area contributed by atoms with Crippen LogP contribution >= 0.6 is 22.2 Å². The number of rotatable bonds is 4. The van der Waals surface area contributed by atoms with Crippen molar-refractivity contribution in [1.82, 2.24) is 0 Å². The van der Waals surface area contributed by atoms with Crippen LogP contribution in [0.5, 0.6) is 0 Å². The molecule has 0 unspecified atom stereocenters. The van der Waals surface area contributed by atoms with Crippen molar-refractivity contribution in [2.24, 2.45) is 0 Å². The summed E-state index contributed by atoms with van der Waals surface area (Å²) in [5.74, 6) is -0.278. The first-order valence-corrected chi connectivity index (χ1v) is 7.93. The fourth-order valence-electron chi connectivity index (χ4n) is 0.521. The van der Waals surface area contributed by atoms with E-state index in [4.69, 9.17) is 26.9 Å². The van der Waals surface area contributed by atoms with Crippen molar-refractivity contribution in [2.45, 2.75) is 25.9 Å². The van der Waals surface area contributed by atoms with Crippen LogP contribution in [0.4, 0.5) is 0 Å². The predicted molar refractivity (Wildman–Crippen MR) is 49.4 cm³/mol. The van der Waals surface area contributed by atoms with Crippen molar-refractivity contribution in [2.75, 3.05) is 6.61 Å². The highest BCUT2D eigenvalue weighted by atomic mass is 35.7. The summed E-state index contributed by atoms with van der Waals surface area (Å²) in [6.45, 7) is 1.59. The van der Waals surface area contributed by atoms with Crippen LogP contribution in [0.25, 0.3) is 0 Å². The fraction of sp³-hybridized carbons (Fsp3) is 0.833. The largest absolute Gasteiger partial charge is 0.466 e. The molecule has 0 aliphatic carbocycles. The number of hydrogen-bond donors (Lipinski definition) is 0. The third-order valence-electron chi connectivity index (χ3n) is 1.29.